The van der Waals surface area contributed by atoms with Gasteiger partial charge in [0.1, 0.15) is 5.82 Å². The molecular weight excluding hydrogens is 294 g/mol. The fraction of sp³-hybridized carbons (Fsp3) is 0.412. The molecule has 1 atom stereocenters. The van der Waals surface area contributed by atoms with Gasteiger partial charge < -0.3 is 14.8 Å². The third-order valence-electron chi connectivity index (χ3n) is 3.76. The Bertz CT molecular complexity index is 667. The minimum atomic E-state index is -0.0951. The fourth-order valence-corrected chi connectivity index (χ4v) is 2.30. The Morgan fingerprint density at radius 1 is 1.26 bits per heavy atom. The van der Waals surface area contributed by atoms with Gasteiger partial charge in [-0.15, -0.1) is 0 Å². The summed E-state index contributed by atoms with van der Waals surface area (Å²) in [4.78, 5) is 12.3. The molecule has 0 aliphatic heterocycles. The van der Waals surface area contributed by atoms with E-state index in [-0.39, 0.29) is 18.4 Å². The molecule has 6 heteroatoms. The summed E-state index contributed by atoms with van der Waals surface area (Å²) in [5, 5.41) is 7.17. The molecule has 1 N–H and O–H groups in total. The van der Waals surface area contributed by atoms with Gasteiger partial charge in [-0.2, -0.15) is 5.10 Å². The van der Waals surface area contributed by atoms with Crippen LogP contribution < -0.4 is 14.8 Å². The second-order valence-electron chi connectivity index (χ2n) is 5.33. The number of ether oxygens (including phenoxy) is 2. The van der Waals surface area contributed by atoms with Gasteiger partial charge in [-0.25, -0.2) is 4.68 Å². The number of aromatic nitrogens is 2. The second-order valence-corrected chi connectivity index (χ2v) is 5.33. The molecule has 6 nitrogen and oxygen atoms in total. The van der Waals surface area contributed by atoms with Gasteiger partial charge in [-0.3, -0.25) is 4.79 Å². The van der Waals surface area contributed by atoms with Crippen LogP contribution in [0, 0.1) is 0 Å². The quantitative estimate of drug-likeness (QED) is 0.852. The molecule has 1 aromatic carbocycles. The van der Waals surface area contributed by atoms with Crippen LogP contribution in [0.25, 0.3) is 0 Å². The number of amides is 1. The highest BCUT2D eigenvalue weighted by atomic mass is 16.5. The Hall–Kier alpha value is -2.50. The molecule has 0 saturated carbocycles. The molecule has 0 bridgehead atoms. The lowest BCUT2D eigenvalue weighted by Crippen LogP contribution is -2.19. The van der Waals surface area contributed by atoms with E-state index in [1.54, 1.807) is 32.5 Å². The zero-order valence-corrected chi connectivity index (χ0v) is 14.0. The number of carbonyl (C=O) groups excluding carboxylic acids is 1. The van der Waals surface area contributed by atoms with Gasteiger partial charge in [-0.1, -0.05) is 13.0 Å². The first-order chi connectivity index (χ1) is 11.1. The largest absolute Gasteiger partial charge is 0.493 e. The minimum Gasteiger partial charge on any atom is -0.493 e. The van der Waals surface area contributed by atoms with E-state index < -0.39 is 0 Å². The summed E-state index contributed by atoms with van der Waals surface area (Å²) in [7, 11) is 3.16. The molecule has 1 unspecified atom stereocenters. The number of nitrogens with one attached hydrogen (secondary N) is 1. The van der Waals surface area contributed by atoms with E-state index in [0.29, 0.717) is 17.3 Å². The van der Waals surface area contributed by atoms with Crippen molar-refractivity contribution in [3.63, 3.8) is 0 Å². The summed E-state index contributed by atoms with van der Waals surface area (Å²) in [6.45, 7) is 4.15. The molecule has 1 aromatic heterocycles. The lowest BCUT2D eigenvalue weighted by Gasteiger charge is -2.14. The zero-order valence-electron chi connectivity index (χ0n) is 14.0. The minimum absolute atomic E-state index is 0.0951. The van der Waals surface area contributed by atoms with Gasteiger partial charge in [0.05, 0.1) is 32.9 Å². The van der Waals surface area contributed by atoms with E-state index >= 15 is 0 Å². The van der Waals surface area contributed by atoms with Crippen LogP contribution in [0.4, 0.5) is 5.82 Å². The van der Waals surface area contributed by atoms with Gasteiger partial charge in [0.2, 0.25) is 5.91 Å². The standard InChI is InChI=1S/C17H23N3O3/c1-5-12(2)20-16(8-9-18-20)19-17(21)11-13-6-7-14(22-3)15(10-13)23-4/h6-10,12H,5,11H2,1-4H3,(H,19,21). The number of hydrogen-bond donors (Lipinski definition) is 1. The van der Waals surface area contributed by atoms with E-state index in [9.17, 15) is 4.79 Å². The average Bonchev–Trinajstić information content (AvgIpc) is 3.01. The van der Waals surface area contributed by atoms with Crippen LogP contribution in [-0.4, -0.2) is 29.9 Å². The van der Waals surface area contributed by atoms with Crippen molar-refractivity contribution >= 4 is 11.7 Å². The van der Waals surface area contributed by atoms with Crippen molar-refractivity contribution < 1.29 is 14.3 Å². The monoisotopic (exact) mass is 317 g/mol. The molecule has 23 heavy (non-hydrogen) atoms. The molecule has 1 amide bonds. The molecule has 124 valence electrons. The van der Waals surface area contributed by atoms with E-state index in [1.807, 2.05) is 16.8 Å². The first-order valence-corrected chi connectivity index (χ1v) is 7.63. The lowest BCUT2D eigenvalue weighted by atomic mass is 10.1. The van der Waals surface area contributed by atoms with Gasteiger partial charge in [0.15, 0.2) is 11.5 Å². The summed E-state index contributed by atoms with van der Waals surface area (Å²) in [5.74, 6) is 1.88. The normalized spacial score (nSPS) is 11.8. The van der Waals surface area contributed by atoms with E-state index in [1.165, 1.54) is 0 Å². The Kier molecular flexibility index (Phi) is 5.62. The molecular formula is C17H23N3O3. The van der Waals surface area contributed by atoms with Crippen LogP contribution in [0.15, 0.2) is 30.5 Å². The van der Waals surface area contributed by atoms with Crippen molar-refractivity contribution in [2.75, 3.05) is 19.5 Å². The molecule has 0 fully saturated rings. The molecule has 2 rings (SSSR count). The number of hydrogen-bond acceptors (Lipinski definition) is 4. The highest BCUT2D eigenvalue weighted by Gasteiger charge is 2.13. The van der Waals surface area contributed by atoms with Crippen LogP contribution in [0.1, 0.15) is 31.9 Å². The Morgan fingerprint density at radius 3 is 2.65 bits per heavy atom. The summed E-state index contributed by atoms with van der Waals surface area (Å²) in [5.41, 5.74) is 0.856. The maximum absolute atomic E-state index is 12.3. The van der Waals surface area contributed by atoms with Gasteiger partial charge in [0.25, 0.3) is 0 Å². The van der Waals surface area contributed by atoms with Crippen LogP contribution in [0.5, 0.6) is 11.5 Å². The van der Waals surface area contributed by atoms with E-state index in [0.717, 1.165) is 12.0 Å². The Morgan fingerprint density at radius 2 is 2.00 bits per heavy atom. The van der Waals surface area contributed by atoms with Crippen molar-refractivity contribution in [3.05, 3.63) is 36.0 Å². The topological polar surface area (TPSA) is 65.4 Å². The van der Waals surface area contributed by atoms with E-state index in [2.05, 4.69) is 24.3 Å². The van der Waals surface area contributed by atoms with Gasteiger partial charge in [-0.05, 0) is 31.0 Å². The summed E-state index contributed by atoms with van der Waals surface area (Å²) >= 11 is 0. The summed E-state index contributed by atoms with van der Waals surface area (Å²) in [6, 6.07) is 7.50. The van der Waals surface area contributed by atoms with Gasteiger partial charge in [0, 0.05) is 6.07 Å². The third-order valence-corrected chi connectivity index (χ3v) is 3.76. The lowest BCUT2D eigenvalue weighted by molar-refractivity contribution is -0.115. The zero-order chi connectivity index (χ0) is 16.8. The first kappa shape index (κ1) is 16.9. The first-order valence-electron chi connectivity index (χ1n) is 7.63. The maximum atomic E-state index is 12.3. The van der Waals surface area contributed by atoms with Gasteiger partial charge >= 0.3 is 0 Å². The highest BCUT2D eigenvalue weighted by molar-refractivity contribution is 5.91. The number of benzene rings is 1. The number of rotatable bonds is 7. The van der Waals surface area contributed by atoms with Crippen LogP contribution in [0.3, 0.4) is 0 Å². The predicted molar refractivity (Wildman–Crippen MR) is 89.1 cm³/mol. The maximum Gasteiger partial charge on any atom is 0.229 e. The summed E-state index contributed by atoms with van der Waals surface area (Å²) in [6.07, 6.45) is 2.89. The van der Waals surface area contributed by atoms with Crippen LogP contribution >= 0.6 is 0 Å². The molecule has 0 saturated heterocycles. The van der Waals surface area contributed by atoms with Crippen molar-refractivity contribution in [1.29, 1.82) is 0 Å². The fourth-order valence-electron chi connectivity index (χ4n) is 2.30. The third kappa shape index (κ3) is 4.03. The van der Waals surface area contributed by atoms with Crippen molar-refractivity contribution in [1.82, 2.24) is 9.78 Å². The molecule has 0 aliphatic carbocycles. The Labute approximate surface area is 136 Å². The van der Waals surface area contributed by atoms with E-state index in [4.69, 9.17) is 9.47 Å². The summed E-state index contributed by atoms with van der Waals surface area (Å²) < 4.78 is 12.3. The van der Waals surface area contributed by atoms with Crippen molar-refractivity contribution in [2.24, 2.45) is 0 Å². The van der Waals surface area contributed by atoms with Crippen molar-refractivity contribution in [2.45, 2.75) is 32.7 Å². The molecule has 0 aliphatic rings. The smallest absolute Gasteiger partial charge is 0.229 e. The number of carbonyl (C=O) groups is 1. The van der Waals surface area contributed by atoms with Crippen molar-refractivity contribution in [3.8, 4) is 11.5 Å². The molecule has 0 spiro atoms. The Balaban J connectivity index is 2.07. The molecule has 0 radical (unpaired) electrons. The molecule has 1 heterocycles. The van der Waals surface area contributed by atoms with Crippen LogP contribution in [0.2, 0.25) is 0 Å². The average molecular weight is 317 g/mol. The SMILES string of the molecule is CCC(C)n1nccc1NC(=O)Cc1ccc(OC)c(OC)c1. The number of methoxy groups -OCH3 is 2. The molecule has 2 aromatic rings. The highest BCUT2D eigenvalue weighted by Crippen LogP contribution is 2.27. The second kappa shape index (κ2) is 7.67. The predicted octanol–water partition coefficient (Wildman–Crippen LogP) is 3.05. The van der Waals surface area contributed by atoms with Crippen LogP contribution in [-0.2, 0) is 11.2 Å². The number of anilines is 1. The number of nitrogens with zero attached hydrogens (tertiary/aromatic N) is 2.